The molecule has 2 aromatic carbocycles. The lowest BCUT2D eigenvalue weighted by Gasteiger charge is -2.33. The molecule has 1 N–H and O–H groups in total. The Balaban J connectivity index is 1.52. The van der Waals surface area contributed by atoms with Gasteiger partial charge in [0, 0.05) is 25.1 Å². The van der Waals surface area contributed by atoms with E-state index in [0.29, 0.717) is 6.42 Å². The Labute approximate surface area is 195 Å². The smallest absolute Gasteiger partial charge is 0.152 e. The zero-order chi connectivity index (χ0) is 23.0. The molecule has 2 aliphatic rings. The van der Waals surface area contributed by atoms with Crippen LogP contribution in [0.1, 0.15) is 53.8 Å². The zero-order valence-electron chi connectivity index (χ0n) is 19.5. The third kappa shape index (κ3) is 3.94. The number of aromatic nitrogens is 1. The molecule has 1 aromatic heterocycles. The molecule has 1 atom stereocenters. The van der Waals surface area contributed by atoms with Crippen molar-refractivity contribution in [2.75, 3.05) is 19.6 Å². The maximum Gasteiger partial charge on any atom is 0.152 e. The van der Waals surface area contributed by atoms with Gasteiger partial charge >= 0.3 is 0 Å². The monoisotopic (exact) mass is 444 g/mol. The third-order valence-corrected chi connectivity index (χ3v) is 7.57. The molecule has 0 radical (unpaired) electrons. The summed E-state index contributed by atoms with van der Waals surface area (Å²) in [6, 6.07) is 16.7. The quantitative estimate of drug-likeness (QED) is 0.602. The van der Waals surface area contributed by atoms with Gasteiger partial charge in [-0.05, 0) is 74.4 Å². The van der Waals surface area contributed by atoms with Gasteiger partial charge < -0.3 is 14.5 Å². The minimum atomic E-state index is -0.624. The Morgan fingerprint density at radius 2 is 1.88 bits per heavy atom. The fraction of sp³-hybridized carbons (Fsp3) is 0.429. The van der Waals surface area contributed by atoms with E-state index >= 15 is 0 Å². The van der Waals surface area contributed by atoms with Crippen LogP contribution in [0.2, 0.25) is 0 Å². The second kappa shape index (κ2) is 8.88. The van der Waals surface area contributed by atoms with E-state index in [4.69, 9.17) is 4.52 Å². The second-order valence-electron chi connectivity index (χ2n) is 9.62. The van der Waals surface area contributed by atoms with Gasteiger partial charge in [-0.3, -0.25) is 4.79 Å². The number of benzene rings is 2. The fourth-order valence-electron chi connectivity index (χ4n) is 5.82. The summed E-state index contributed by atoms with van der Waals surface area (Å²) in [4.78, 5) is 16.2. The van der Waals surface area contributed by atoms with Crippen LogP contribution in [-0.4, -0.2) is 46.7 Å². The number of piperidine rings is 1. The second-order valence-corrected chi connectivity index (χ2v) is 9.62. The van der Waals surface area contributed by atoms with Crippen molar-refractivity contribution in [2.24, 2.45) is 0 Å². The van der Waals surface area contributed by atoms with Crippen LogP contribution >= 0.6 is 0 Å². The topological polar surface area (TPSA) is 66.6 Å². The summed E-state index contributed by atoms with van der Waals surface area (Å²) >= 11 is 0. The molecule has 5 heteroatoms. The van der Waals surface area contributed by atoms with Crippen molar-refractivity contribution in [3.05, 3.63) is 76.7 Å². The van der Waals surface area contributed by atoms with Crippen molar-refractivity contribution < 1.29 is 14.4 Å². The number of rotatable bonds is 6. The number of ketones is 1. The standard InChI is InChI=1S/C28H32N2O3/c1-19-27(20(2)33-29-19)22-10-9-21-18-26(32)28(25(21)17-22,23-7-4-3-5-8-23)13-6-14-30-15-11-24(31)12-16-30/h3-5,7-10,17,24,31H,6,11-16,18H2,1-2H3. The molecule has 0 spiro atoms. The van der Waals surface area contributed by atoms with E-state index < -0.39 is 5.41 Å². The first-order valence-corrected chi connectivity index (χ1v) is 12.0. The van der Waals surface area contributed by atoms with Gasteiger partial charge in [-0.15, -0.1) is 0 Å². The predicted octanol–water partition coefficient (Wildman–Crippen LogP) is 4.61. The van der Waals surface area contributed by atoms with Crippen LogP contribution < -0.4 is 0 Å². The van der Waals surface area contributed by atoms with Crippen LogP contribution in [0, 0.1) is 13.8 Å². The molecule has 1 aliphatic carbocycles. The number of aryl methyl sites for hydroxylation is 2. The van der Waals surface area contributed by atoms with E-state index in [9.17, 15) is 9.90 Å². The van der Waals surface area contributed by atoms with E-state index in [0.717, 1.165) is 84.6 Å². The highest BCUT2D eigenvalue weighted by molar-refractivity contribution is 6.00. The summed E-state index contributed by atoms with van der Waals surface area (Å²) in [5.41, 5.74) is 5.66. The SMILES string of the molecule is Cc1noc(C)c1-c1ccc2c(c1)C(CCCN1CCC(O)CC1)(c1ccccc1)C(=O)C2. The summed E-state index contributed by atoms with van der Waals surface area (Å²) in [5.74, 6) is 1.09. The average Bonchev–Trinajstić information content (AvgIpc) is 3.31. The van der Waals surface area contributed by atoms with Gasteiger partial charge in [-0.25, -0.2) is 0 Å². The molecular formula is C28H32N2O3. The van der Waals surface area contributed by atoms with Crippen LogP contribution in [-0.2, 0) is 16.6 Å². The van der Waals surface area contributed by atoms with Crippen molar-refractivity contribution in [1.29, 1.82) is 0 Å². The van der Waals surface area contributed by atoms with Crippen molar-refractivity contribution in [3.8, 4) is 11.1 Å². The highest BCUT2D eigenvalue weighted by Crippen LogP contribution is 2.46. The highest BCUT2D eigenvalue weighted by atomic mass is 16.5. The Hall–Kier alpha value is -2.76. The molecule has 1 aliphatic heterocycles. The van der Waals surface area contributed by atoms with Crippen LogP contribution in [0.5, 0.6) is 0 Å². The molecule has 5 nitrogen and oxygen atoms in total. The molecule has 0 saturated carbocycles. The first kappa shape index (κ1) is 22.1. The Bertz CT molecular complexity index is 1130. The van der Waals surface area contributed by atoms with Crippen molar-refractivity contribution in [1.82, 2.24) is 10.1 Å². The molecule has 3 aromatic rings. The molecule has 33 heavy (non-hydrogen) atoms. The molecule has 0 amide bonds. The van der Waals surface area contributed by atoms with Gasteiger partial charge in [0.2, 0.25) is 0 Å². The predicted molar refractivity (Wildman–Crippen MR) is 128 cm³/mol. The number of aliphatic hydroxyl groups is 1. The molecule has 5 rings (SSSR count). The number of hydrogen-bond donors (Lipinski definition) is 1. The van der Waals surface area contributed by atoms with Gasteiger partial charge in [0.1, 0.15) is 5.76 Å². The van der Waals surface area contributed by atoms with E-state index in [1.807, 2.05) is 32.0 Å². The number of likely N-dealkylation sites (tertiary alicyclic amines) is 1. The summed E-state index contributed by atoms with van der Waals surface area (Å²) < 4.78 is 5.43. The highest BCUT2D eigenvalue weighted by Gasteiger charge is 2.47. The largest absolute Gasteiger partial charge is 0.393 e. The lowest BCUT2D eigenvalue weighted by Crippen LogP contribution is -2.38. The number of hydrogen-bond acceptors (Lipinski definition) is 5. The van der Waals surface area contributed by atoms with Gasteiger partial charge in [0.25, 0.3) is 0 Å². The molecule has 1 fully saturated rings. The minimum absolute atomic E-state index is 0.164. The fourth-order valence-corrected chi connectivity index (χ4v) is 5.82. The molecule has 2 heterocycles. The lowest BCUT2D eigenvalue weighted by atomic mass is 9.71. The maximum absolute atomic E-state index is 13.7. The molecule has 1 unspecified atom stereocenters. The van der Waals surface area contributed by atoms with Crippen molar-refractivity contribution in [3.63, 3.8) is 0 Å². The number of nitrogens with zero attached hydrogens (tertiary/aromatic N) is 2. The average molecular weight is 445 g/mol. The van der Waals surface area contributed by atoms with E-state index in [1.165, 1.54) is 0 Å². The van der Waals surface area contributed by atoms with Crippen molar-refractivity contribution >= 4 is 5.78 Å². The number of Topliss-reactive ketones (excluding diaryl/α,β-unsaturated/α-hetero) is 1. The first-order chi connectivity index (χ1) is 16.0. The lowest BCUT2D eigenvalue weighted by molar-refractivity contribution is -0.121. The molecule has 172 valence electrons. The summed E-state index contributed by atoms with van der Waals surface area (Å²) in [5, 5.41) is 14.0. The van der Waals surface area contributed by atoms with E-state index in [2.05, 4.69) is 40.4 Å². The van der Waals surface area contributed by atoms with Crippen LogP contribution in [0.4, 0.5) is 0 Å². The minimum Gasteiger partial charge on any atom is -0.393 e. The Morgan fingerprint density at radius 1 is 1.12 bits per heavy atom. The first-order valence-electron chi connectivity index (χ1n) is 12.0. The van der Waals surface area contributed by atoms with Crippen molar-refractivity contribution in [2.45, 2.75) is 57.5 Å². The summed E-state index contributed by atoms with van der Waals surface area (Å²) in [6.07, 6.45) is 3.71. The third-order valence-electron chi connectivity index (χ3n) is 7.57. The Kier molecular flexibility index (Phi) is 5.94. The van der Waals surface area contributed by atoms with Crippen LogP contribution in [0.25, 0.3) is 11.1 Å². The number of fused-ring (bicyclic) bond motifs is 1. The van der Waals surface area contributed by atoms with E-state index in [-0.39, 0.29) is 11.9 Å². The zero-order valence-corrected chi connectivity index (χ0v) is 19.5. The van der Waals surface area contributed by atoms with Gasteiger partial charge in [-0.2, -0.15) is 0 Å². The summed E-state index contributed by atoms with van der Waals surface area (Å²) in [6.45, 7) is 6.71. The van der Waals surface area contributed by atoms with Crippen LogP contribution in [0.3, 0.4) is 0 Å². The Morgan fingerprint density at radius 3 is 2.58 bits per heavy atom. The summed E-state index contributed by atoms with van der Waals surface area (Å²) in [7, 11) is 0. The van der Waals surface area contributed by atoms with Crippen LogP contribution in [0.15, 0.2) is 53.1 Å². The van der Waals surface area contributed by atoms with Gasteiger partial charge in [0.15, 0.2) is 5.78 Å². The van der Waals surface area contributed by atoms with Gasteiger partial charge in [-0.1, -0.05) is 47.6 Å². The number of carbonyl (C=O) groups excluding carboxylic acids is 1. The molecule has 1 saturated heterocycles. The maximum atomic E-state index is 13.7. The molecule has 0 bridgehead atoms. The van der Waals surface area contributed by atoms with Gasteiger partial charge in [0.05, 0.1) is 17.2 Å². The molecular weight excluding hydrogens is 412 g/mol. The van der Waals surface area contributed by atoms with E-state index in [1.54, 1.807) is 0 Å². The normalized spacial score (nSPS) is 21.5. The number of aliphatic hydroxyl groups excluding tert-OH is 1. The number of carbonyl (C=O) groups is 1.